The van der Waals surface area contributed by atoms with Crippen molar-refractivity contribution in [1.29, 1.82) is 0 Å². The van der Waals surface area contributed by atoms with Crippen LogP contribution in [0.5, 0.6) is 11.5 Å². The van der Waals surface area contributed by atoms with E-state index in [1.54, 1.807) is 0 Å². The van der Waals surface area contributed by atoms with Crippen LogP contribution in [0.15, 0.2) is 48.5 Å². The van der Waals surface area contributed by atoms with Crippen LogP contribution in [-0.2, 0) is 6.61 Å². The van der Waals surface area contributed by atoms with Gasteiger partial charge in [-0.05, 0) is 36.2 Å². The highest BCUT2D eigenvalue weighted by Gasteiger charge is 2.00. The van der Waals surface area contributed by atoms with Gasteiger partial charge >= 0.3 is 0 Å². The molecular formula is C14H14O2. The molecular weight excluding hydrogens is 200 g/mol. The van der Waals surface area contributed by atoms with E-state index in [2.05, 4.69) is 0 Å². The molecule has 0 aliphatic carbocycles. The van der Waals surface area contributed by atoms with Crippen molar-refractivity contribution in [2.45, 2.75) is 13.5 Å². The van der Waals surface area contributed by atoms with Crippen LogP contribution in [0.1, 0.15) is 11.1 Å². The molecule has 1 N–H and O–H groups in total. The molecule has 0 aliphatic rings. The van der Waals surface area contributed by atoms with E-state index in [1.165, 1.54) is 0 Å². The van der Waals surface area contributed by atoms with Gasteiger partial charge in [0.1, 0.15) is 11.5 Å². The van der Waals surface area contributed by atoms with E-state index in [9.17, 15) is 0 Å². The first kappa shape index (κ1) is 10.7. The SMILES string of the molecule is Cc1ccccc1Oc1cccc(CO)c1. The monoisotopic (exact) mass is 214 g/mol. The molecule has 0 aliphatic heterocycles. The van der Waals surface area contributed by atoms with Crippen molar-refractivity contribution in [3.8, 4) is 11.5 Å². The first-order valence-electron chi connectivity index (χ1n) is 5.23. The van der Waals surface area contributed by atoms with Gasteiger partial charge in [-0.1, -0.05) is 30.3 Å². The standard InChI is InChI=1S/C14H14O2/c1-11-5-2-3-8-14(11)16-13-7-4-6-12(9-13)10-15/h2-9,15H,10H2,1H3. The summed E-state index contributed by atoms with van der Waals surface area (Å²) in [5.41, 5.74) is 1.95. The number of hydrogen-bond acceptors (Lipinski definition) is 2. The Morgan fingerprint density at radius 3 is 2.62 bits per heavy atom. The molecule has 0 heterocycles. The van der Waals surface area contributed by atoms with Gasteiger partial charge in [0.25, 0.3) is 0 Å². The average Bonchev–Trinajstić information content (AvgIpc) is 2.32. The van der Waals surface area contributed by atoms with Crippen molar-refractivity contribution in [2.24, 2.45) is 0 Å². The molecule has 2 nitrogen and oxygen atoms in total. The second-order valence-electron chi connectivity index (χ2n) is 3.67. The number of rotatable bonds is 3. The topological polar surface area (TPSA) is 29.5 Å². The van der Waals surface area contributed by atoms with Crippen molar-refractivity contribution in [2.75, 3.05) is 0 Å². The maximum absolute atomic E-state index is 9.03. The fourth-order valence-electron chi connectivity index (χ4n) is 1.51. The van der Waals surface area contributed by atoms with Crippen molar-refractivity contribution < 1.29 is 9.84 Å². The fourth-order valence-corrected chi connectivity index (χ4v) is 1.51. The van der Waals surface area contributed by atoms with Crippen LogP contribution >= 0.6 is 0 Å². The molecule has 0 saturated carbocycles. The summed E-state index contributed by atoms with van der Waals surface area (Å²) in [7, 11) is 0. The number of aryl methyl sites for hydroxylation is 1. The van der Waals surface area contributed by atoms with Gasteiger partial charge in [0.2, 0.25) is 0 Å². The maximum atomic E-state index is 9.03. The summed E-state index contributed by atoms with van der Waals surface area (Å²) in [5.74, 6) is 1.60. The minimum absolute atomic E-state index is 0.0327. The lowest BCUT2D eigenvalue weighted by Gasteiger charge is -2.08. The third-order valence-corrected chi connectivity index (χ3v) is 2.40. The van der Waals surface area contributed by atoms with Crippen LogP contribution in [0.4, 0.5) is 0 Å². The van der Waals surface area contributed by atoms with Crippen molar-refractivity contribution >= 4 is 0 Å². The first-order valence-corrected chi connectivity index (χ1v) is 5.23. The highest BCUT2D eigenvalue weighted by molar-refractivity contribution is 5.38. The minimum Gasteiger partial charge on any atom is -0.457 e. The molecule has 0 atom stereocenters. The second kappa shape index (κ2) is 4.81. The highest BCUT2D eigenvalue weighted by Crippen LogP contribution is 2.25. The van der Waals surface area contributed by atoms with E-state index in [-0.39, 0.29) is 6.61 Å². The lowest BCUT2D eigenvalue weighted by molar-refractivity contribution is 0.281. The fraction of sp³-hybridized carbons (Fsp3) is 0.143. The summed E-state index contributed by atoms with van der Waals surface area (Å²) < 4.78 is 5.74. The molecule has 2 aromatic carbocycles. The van der Waals surface area contributed by atoms with Gasteiger partial charge < -0.3 is 9.84 Å². The van der Waals surface area contributed by atoms with Crippen molar-refractivity contribution in [1.82, 2.24) is 0 Å². The molecule has 2 rings (SSSR count). The molecule has 2 heteroatoms. The molecule has 0 fully saturated rings. The molecule has 0 saturated heterocycles. The Bertz CT molecular complexity index is 478. The summed E-state index contributed by atoms with van der Waals surface area (Å²) in [5, 5.41) is 9.03. The maximum Gasteiger partial charge on any atom is 0.130 e. The number of para-hydroxylation sites is 1. The third kappa shape index (κ3) is 2.41. The largest absolute Gasteiger partial charge is 0.457 e. The number of benzene rings is 2. The van der Waals surface area contributed by atoms with Crippen LogP contribution in [0.3, 0.4) is 0 Å². The molecule has 0 bridgehead atoms. The zero-order valence-electron chi connectivity index (χ0n) is 9.18. The van der Waals surface area contributed by atoms with E-state index >= 15 is 0 Å². The average molecular weight is 214 g/mol. The number of aliphatic hydroxyl groups is 1. The Balaban J connectivity index is 2.24. The van der Waals surface area contributed by atoms with E-state index < -0.39 is 0 Å². The summed E-state index contributed by atoms with van der Waals surface area (Å²) >= 11 is 0. The van der Waals surface area contributed by atoms with Gasteiger partial charge in [-0.25, -0.2) is 0 Å². The molecule has 0 aromatic heterocycles. The summed E-state index contributed by atoms with van der Waals surface area (Å²) in [4.78, 5) is 0. The predicted octanol–water partition coefficient (Wildman–Crippen LogP) is 3.28. The van der Waals surface area contributed by atoms with Gasteiger partial charge in [-0.15, -0.1) is 0 Å². The summed E-state index contributed by atoms with van der Waals surface area (Å²) in [6.45, 7) is 2.04. The Morgan fingerprint density at radius 1 is 1.06 bits per heavy atom. The van der Waals surface area contributed by atoms with E-state index in [0.29, 0.717) is 0 Å². The predicted molar refractivity (Wildman–Crippen MR) is 63.6 cm³/mol. The molecule has 16 heavy (non-hydrogen) atoms. The van der Waals surface area contributed by atoms with Crippen LogP contribution in [0, 0.1) is 6.92 Å². The van der Waals surface area contributed by atoms with Gasteiger partial charge in [0.05, 0.1) is 6.61 Å². The smallest absolute Gasteiger partial charge is 0.130 e. The quantitative estimate of drug-likeness (QED) is 0.849. The van der Waals surface area contributed by atoms with Crippen molar-refractivity contribution in [3.63, 3.8) is 0 Å². The molecule has 0 amide bonds. The lowest BCUT2D eigenvalue weighted by Crippen LogP contribution is -1.89. The molecule has 0 unspecified atom stereocenters. The van der Waals surface area contributed by atoms with Gasteiger partial charge in [0, 0.05) is 0 Å². The summed E-state index contributed by atoms with van der Waals surface area (Å²) in [6.07, 6.45) is 0. The van der Waals surface area contributed by atoms with E-state index in [0.717, 1.165) is 22.6 Å². The zero-order valence-corrected chi connectivity index (χ0v) is 9.18. The number of hydrogen-bond donors (Lipinski definition) is 1. The van der Waals surface area contributed by atoms with Crippen LogP contribution in [0.25, 0.3) is 0 Å². The third-order valence-electron chi connectivity index (χ3n) is 2.40. The minimum atomic E-state index is 0.0327. The molecule has 2 aromatic rings. The van der Waals surface area contributed by atoms with Crippen LogP contribution in [-0.4, -0.2) is 5.11 Å². The van der Waals surface area contributed by atoms with E-state index in [4.69, 9.17) is 9.84 Å². The molecule has 82 valence electrons. The zero-order chi connectivity index (χ0) is 11.4. The van der Waals surface area contributed by atoms with Gasteiger partial charge in [0.15, 0.2) is 0 Å². The number of ether oxygens (including phenoxy) is 1. The Hall–Kier alpha value is -1.80. The molecule has 0 radical (unpaired) electrons. The Labute approximate surface area is 95.1 Å². The van der Waals surface area contributed by atoms with Crippen LogP contribution < -0.4 is 4.74 Å². The molecule has 0 spiro atoms. The first-order chi connectivity index (χ1) is 7.79. The highest BCUT2D eigenvalue weighted by atomic mass is 16.5. The van der Waals surface area contributed by atoms with Crippen LogP contribution in [0.2, 0.25) is 0 Å². The lowest BCUT2D eigenvalue weighted by atomic mass is 10.2. The van der Waals surface area contributed by atoms with E-state index in [1.807, 2.05) is 55.5 Å². The number of aliphatic hydroxyl groups excluding tert-OH is 1. The Morgan fingerprint density at radius 2 is 1.88 bits per heavy atom. The van der Waals surface area contributed by atoms with Crippen molar-refractivity contribution in [3.05, 3.63) is 59.7 Å². The Kier molecular flexibility index (Phi) is 3.22. The second-order valence-corrected chi connectivity index (χ2v) is 3.67. The summed E-state index contributed by atoms with van der Waals surface area (Å²) in [6, 6.07) is 15.3. The normalized spacial score (nSPS) is 10.1. The van der Waals surface area contributed by atoms with Gasteiger partial charge in [-0.3, -0.25) is 0 Å². The van der Waals surface area contributed by atoms with Gasteiger partial charge in [-0.2, -0.15) is 0 Å².